The molecule has 2 unspecified atom stereocenters. The third kappa shape index (κ3) is 5.56. The molecule has 4 nitrogen and oxygen atoms in total. The third-order valence-corrected chi connectivity index (χ3v) is 2.51. The van der Waals surface area contributed by atoms with Crippen molar-refractivity contribution >= 4 is 12.2 Å². The Balaban J connectivity index is 4.02. The number of hydrogen-bond acceptors (Lipinski definition) is 2. The van der Waals surface area contributed by atoms with Crippen molar-refractivity contribution in [3.63, 3.8) is 0 Å². The molecule has 0 saturated carbocycles. The first-order valence-corrected chi connectivity index (χ1v) is 5.06. The van der Waals surface area contributed by atoms with Crippen molar-refractivity contribution in [1.29, 1.82) is 0 Å². The SMILES string of the molecule is CCC(C)C(CN=CN)CNC(C)=O. The van der Waals surface area contributed by atoms with Crippen LogP contribution in [-0.4, -0.2) is 25.3 Å². The normalized spacial score (nSPS) is 15.4. The Hall–Kier alpha value is -1.06. The Labute approximate surface area is 86.0 Å². The average Bonchev–Trinajstić information content (AvgIpc) is 2.16. The Kier molecular flexibility index (Phi) is 6.80. The van der Waals surface area contributed by atoms with Gasteiger partial charge in [-0.15, -0.1) is 0 Å². The number of carbonyl (C=O) groups excluding carboxylic acids is 1. The number of nitrogens with two attached hydrogens (primary N) is 1. The van der Waals surface area contributed by atoms with Gasteiger partial charge in [-0.05, 0) is 11.8 Å². The highest BCUT2D eigenvalue weighted by Gasteiger charge is 2.15. The van der Waals surface area contributed by atoms with Crippen LogP contribution in [0, 0.1) is 11.8 Å². The quantitative estimate of drug-likeness (QED) is 0.490. The maximum Gasteiger partial charge on any atom is 0.216 e. The van der Waals surface area contributed by atoms with Crippen LogP contribution >= 0.6 is 0 Å². The number of amides is 1. The van der Waals surface area contributed by atoms with Gasteiger partial charge in [0.15, 0.2) is 0 Å². The number of rotatable bonds is 6. The first kappa shape index (κ1) is 12.9. The van der Waals surface area contributed by atoms with Gasteiger partial charge in [-0.3, -0.25) is 9.79 Å². The summed E-state index contributed by atoms with van der Waals surface area (Å²) in [5.41, 5.74) is 5.20. The lowest BCUT2D eigenvalue weighted by molar-refractivity contribution is -0.119. The monoisotopic (exact) mass is 199 g/mol. The molecule has 0 radical (unpaired) electrons. The molecule has 4 heteroatoms. The fourth-order valence-electron chi connectivity index (χ4n) is 1.25. The summed E-state index contributed by atoms with van der Waals surface area (Å²) in [6, 6.07) is 0. The molecule has 82 valence electrons. The number of nitrogens with zero attached hydrogens (tertiary/aromatic N) is 1. The van der Waals surface area contributed by atoms with Crippen LogP contribution in [0.4, 0.5) is 0 Å². The smallest absolute Gasteiger partial charge is 0.216 e. The van der Waals surface area contributed by atoms with Gasteiger partial charge in [0.2, 0.25) is 5.91 Å². The summed E-state index contributed by atoms with van der Waals surface area (Å²) in [5, 5.41) is 2.82. The van der Waals surface area contributed by atoms with Gasteiger partial charge in [0, 0.05) is 20.0 Å². The summed E-state index contributed by atoms with van der Waals surface area (Å²) >= 11 is 0. The van der Waals surface area contributed by atoms with Gasteiger partial charge >= 0.3 is 0 Å². The van der Waals surface area contributed by atoms with E-state index < -0.39 is 0 Å². The van der Waals surface area contributed by atoms with E-state index in [0.29, 0.717) is 24.9 Å². The van der Waals surface area contributed by atoms with Gasteiger partial charge in [0.25, 0.3) is 0 Å². The second-order valence-corrected chi connectivity index (χ2v) is 3.60. The lowest BCUT2D eigenvalue weighted by atomic mass is 9.92. The number of carbonyl (C=O) groups is 1. The Bertz CT molecular complexity index is 192. The van der Waals surface area contributed by atoms with Crippen molar-refractivity contribution in [2.45, 2.75) is 27.2 Å². The highest BCUT2D eigenvalue weighted by molar-refractivity contribution is 5.72. The van der Waals surface area contributed by atoms with Crippen molar-refractivity contribution < 1.29 is 4.79 Å². The molecule has 2 atom stereocenters. The number of aliphatic imine (C=N–C) groups is 1. The van der Waals surface area contributed by atoms with Crippen LogP contribution < -0.4 is 11.1 Å². The van der Waals surface area contributed by atoms with Crippen LogP contribution in [0.1, 0.15) is 27.2 Å². The van der Waals surface area contributed by atoms with Gasteiger partial charge in [-0.2, -0.15) is 0 Å². The van der Waals surface area contributed by atoms with Crippen LogP contribution in [-0.2, 0) is 4.79 Å². The average molecular weight is 199 g/mol. The van der Waals surface area contributed by atoms with Crippen molar-refractivity contribution in [2.75, 3.05) is 13.1 Å². The molecular weight excluding hydrogens is 178 g/mol. The van der Waals surface area contributed by atoms with Crippen LogP contribution in [0.25, 0.3) is 0 Å². The number of nitrogens with one attached hydrogen (secondary N) is 1. The Morgan fingerprint density at radius 1 is 1.64 bits per heavy atom. The lowest BCUT2D eigenvalue weighted by Crippen LogP contribution is -2.32. The highest BCUT2D eigenvalue weighted by Crippen LogP contribution is 2.14. The molecule has 0 aromatic heterocycles. The summed E-state index contributed by atoms with van der Waals surface area (Å²) in [6.45, 7) is 7.20. The topological polar surface area (TPSA) is 67.5 Å². The first-order valence-electron chi connectivity index (χ1n) is 5.06. The van der Waals surface area contributed by atoms with E-state index in [9.17, 15) is 4.79 Å². The predicted octanol–water partition coefficient (Wildman–Crippen LogP) is 0.772. The molecule has 0 rings (SSSR count). The molecule has 0 aromatic rings. The molecule has 0 bridgehead atoms. The summed E-state index contributed by atoms with van der Waals surface area (Å²) < 4.78 is 0. The van der Waals surface area contributed by atoms with Crippen LogP contribution in [0.5, 0.6) is 0 Å². The minimum atomic E-state index is 0.00929. The van der Waals surface area contributed by atoms with Gasteiger partial charge < -0.3 is 11.1 Å². The minimum absolute atomic E-state index is 0.00929. The molecule has 0 saturated heterocycles. The van der Waals surface area contributed by atoms with E-state index in [0.717, 1.165) is 6.42 Å². The van der Waals surface area contributed by atoms with E-state index in [1.807, 2.05) is 0 Å². The highest BCUT2D eigenvalue weighted by atomic mass is 16.1. The molecule has 0 aromatic carbocycles. The van der Waals surface area contributed by atoms with E-state index in [-0.39, 0.29) is 5.91 Å². The maximum atomic E-state index is 10.8. The van der Waals surface area contributed by atoms with Crippen molar-refractivity contribution in [3.8, 4) is 0 Å². The molecule has 3 N–H and O–H groups in total. The zero-order chi connectivity index (χ0) is 11.0. The Morgan fingerprint density at radius 3 is 2.71 bits per heavy atom. The molecule has 1 amide bonds. The van der Waals surface area contributed by atoms with Gasteiger partial charge in [0.05, 0.1) is 6.34 Å². The van der Waals surface area contributed by atoms with Crippen LogP contribution in [0.15, 0.2) is 4.99 Å². The molecule has 14 heavy (non-hydrogen) atoms. The van der Waals surface area contributed by atoms with E-state index in [2.05, 4.69) is 24.2 Å². The van der Waals surface area contributed by atoms with E-state index in [1.165, 1.54) is 13.3 Å². The largest absolute Gasteiger partial charge is 0.390 e. The summed E-state index contributed by atoms with van der Waals surface area (Å²) in [4.78, 5) is 14.8. The zero-order valence-corrected chi connectivity index (χ0v) is 9.29. The van der Waals surface area contributed by atoms with Crippen molar-refractivity contribution in [1.82, 2.24) is 5.32 Å². The number of hydrogen-bond donors (Lipinski definition) is 2. The fraction of sp³-hybridized carbons (Fsp3) is 0.800. The molecule has 0 heterocycles. The second-order valence-electron chi connectivity index (χ2n) is 3.60. The van der Waals surface area contributed by atoms with E-state index >= 15 is 0 Å². The summed E-state index contributed by atoms with van der Waals surface area (Å²) in [7, 11) is 0. The van der Waals surface area contributed by atoms with E-state index in [1.54, 1.807) is 0 Å². The molecule has 0 aliphatic rings. The standard InChI is InChI=1S/C10H21N3O/c1-4-8(2)10(5-12-7-11)6-13-9(3)14/h7-8,10H,4-6H2,1-3H3,(H2,11,12)(H,13,14). The minimum Gasteiger partial charge on any atom is -0.390 e. The lowest BCUT2D eigenvalue weighted by Gasteiger charge is -2.21. The molecule has 0 fully saturated rings. The zero-order valence-electron chi connectivity index (χ0n) is 9.29. The van der Waals surface area contributed by atoms with Gasteiger partial charge in [0.1, 0.15) is 0 Å². The van der Waals surface area contributed by atoms with Gasteiger partial charge in [-0.25, -0.2) is 0 Å². The van der Waals surface area contributed by atoms with E-state index in [4.69, 9.17) is 5.73 Å². The summed E-state index contributed by atoms with van der Waals surface area (Å²) in [6.07, 6.45) is 2.41. The second kappa shape index (κ2) is 7.35. The molecule has 0 aliphatic heterocycles. The fourth-order valence-corrected chi connectivity index (χ4v) is 1.25. The molecule has 0 aliphatic carbocycles. The predicted molar refractivity (Wildman–Crippen MR) is 59.2 cm³/mol. The summed E-state index contributed by atoms with van der Waals surface area (Å²) in [5.74, 6) is 0.935. The molecular formula is C10H21N3O. The van der Waals surface area contributed by atoms with Gasteiger partial charge in [-0.1, -0.05) is 20.3 Å². The first-order chi connectivity index (χ1) is 6.61. The Morgan fingerprint density at radius 2 is 2.29 bits per heavy atom. The third-order valence-electron chi connectivity index (χ3n) is 2.51. The van der Waals surface area contributed by atoms with Crippen LogP contribution in [0.3, 0.4) is 0 Å². The van der Waals surface area contributed by atoms with Crippen molar-refractivity contribution in [3.05, 3.63) is 0 Å². The maximum absolute atomic E-state index is 10.8. The van der Waals surface area contributed by atoms with Crippen molar-refractivity contribution in [2.24, 2.45) is 22.6 Å². The van der Waals surface area contributed by atoms with Crippen LogP contribution in [0.2, 0.25) is 0 Å². The molecule has 0 spiro atoms.